The molecular weight excluding hydrogens is 176 g/mol. The number of aliphatic hydroxyl groups excluding tert-OH is 1. The van der Waals surface area contributed by atoms with E-state index in [0.717, 1.165) is 11.3 Å². The normalized spacial score (nSPS) is 19.0. The van der Waals surface area contributed by atoms with E-state index in [9.17, 15) is 0 Å². The third kappa shape index (κ3) is 1.79. The minimum atomic E-state index is 0.0476. The molecule has 1 aromatic heterocycles. The minimum absolute atomic E-state index is 0.0476. The smallest absolute Gasteiger partial charge is 0.0696 e. The van der Waals surface area contributed by atoms with Gasteiger partial charge >= 0.3 is 0 Å². The number of pyridine rings is 1. The second-order valence-electron chi connectivity index (χ2n) is 3.97. The van der Waals surface area contributed by atoms with Gasteiger partial charge in [-0.3, -0.25) is 4.98 Å². The number of nitrogens with two attached hydrogens (primary N) is 1. The van der Waals surface area contributed by atoms with E-state index in [1.54, 1.807) is 6.20 Å². The summed E-state index contributed by atoms with van der Waals surface area (Å²) in [5, 5.41) is 8.86. The van der Waals surface area contributed by atoms with E-state index in [1.165, 1.54) is 19.3 Å². The molecule has 76 valence electrons. The summed E-state index contributed by atoms with van der Waals surface area (Å²) in [5.41, 5.74) is 7.86. The summed E-state index contributed by atoms with van der Waals surface area (Å²) >= 11 is 0. The van der Waals surface area contributed by atoms with Gasteiger partial charge in [-0.2, -0.15) is 0 Å². The molecule has 3 nitrogen and oxygen atoms in total. The number of rotatable bonds is 3. The Labute approximate surface area is 84.0 Å². The van der Waals surface area contributed by atoms with Crippen LogP contribution < -0.4 is 5.73 Å². The van der Waals surface area contributed by atoms with Crippen LogP contribution in [0.25, 0.3) is 0 Å². The maximum absolute atomic E-state index is 8.86. The maximum atomic E-state index is 8.86. The van der Waals surface area contributed by atoms with Crippen molar-refractivity contribution in [3.8, 4) is 0 Å². The average molecular weight is 192 g/mol. The molecule has 1 aliphatic carbocycles. The predicted octanol–water partition coefficient (Wildman–Crippen LogP) is 1.37. The van der Waals surface area contributed by atoms with Crippen molar-refractivity contribution in [1.82, 2.24) is 4.98 Å². The van der Waals surface area contributed by atoms with Gasteiger partial charge in [0.1, 0.15) is 0 Å². The molecule has 14 heavy (non-hydrogen) atoms. The van der Waals surface area contributed by atoms with Gasteiger partial charge in [-0.25, -0.2) is 0 Å². The second kappa shape index (κ2) is 4.07. The van der Waals surface area contributed by atoms with Crippen molar-refractivity contribution in [2.45, 2.75) is 31.9 Å². The minimum Gasteiger partial charge on any atom is -0.392 e. The van der Waals surface area contributed by atoms with E-state index in [1.807, 2.05) is 12.1 Å². The fourth-order valence-corrected chi connectivity index (χ4v) is 1.77. The van der Waals surface area contributed by atoms with Crippen molar-refractivity contribution in [1.29, 1.82) is 0 Å². The number of aromatic nitrogens is 1. The first-order valence-corrected chi connectivity index (χ1v) is 5.12. The highest BCUT2D eigenvalue weighted by Gasteiger charge is 2.26. The molecule has 0 amide bonds. The van der Waals surface area contributed by atoms with Crippen molar-refractivity contribution in [3.63, 3.8) is 0 Å². The Kier molecular flexibility index (Phi) is 2.79. The van der Waals surface area contributed by atoms with Gasteiger partial charge in [0, 0.05) is 12.2 Å². The van der Waals surface area contributed by atoms with Gasteiger partial charge in [-0.05, 0) is 30.4 Å². The van der Waals surface area contributed by atoms with Crippen LogP contribution in [0, 0.1) is 5.92 Å². The maximum Gasteiger partial charge on any atom is 0.0696 e. The molecule has 1 aliphatic rings. The van der Waals surface area contributed by atoms with Crippen LogP contribution in [-0.2, 0) is 6.61 Å². The lowest BCUT2D eigenvalue weighted by molar-refractivity contribution is 0.260. The lowest BCUT2D eigenvalue weighted by atomic mass is 9.79. The second-order valence-corrected chi connectivity index (χ2v) is 3.97. The molecule has 0 spiro atoms. The molecule has 0 aliphatic heterocycles. The van der Waals surface area contributed by atoms with Crippen LogP contribution in [0.4, 0.5) is 0 Å². The highest BCUT2D eigenvalue weighted by molar-refractivity contribution is 5.16. The molecule has 1 saturated carbocycles. The van der Waals surface area contributed by atoms with Crippen LogP contribution in [0.1, 0.15) is 36.6 Å². The SMILES string of the molecule is NC(c1ccc(CO)cn1)C1CCC1. The Morgan fingerprint density at radius 3 is 2.71 bits per heavy atom. The fourth-order valence-electron chi connectivity index (χ4n) is 1.77. The van der Waals surface area contributed by atoms with Gasteiger partial charge in [-0.1, -0.05) is 12.5 Å². The van der Waals surface area contributed by atoms with Gasteiger partial charge < -0.3 is 10.8 Å². The summed E-state index contributed by atoms with van der Waals surface area (Å²) in [4.78, 5) is 4.27. The number of hydrogen-bond donors (Lipinski definition) is 2. The predicted molar refractivity (Wildman–Crippen MR) is 54.4 cm³/mol. The highest BCUT2D eigenvalue weighted by Crippen LogP contribution is 2.35. The molecule has 1 unspecified atom stereocenters. The largest absolute Gasteiger partial charge is 0.392 e. The third-order valence-corrected chi connectivity index (χ3v) is 3.03. The number of aliphatic hydroxyl groups is 1. The van der Waals surface area contributed by atoms with E-state index < -0.39 is 0 Å². The van der Waals surface area contributed by atoms with Gasteiger partial charge in [0.15, 0.2) is 0 Å². The van der Waals surface area contributed by atoms with Gasteiger partial charge in [0.2, 0.25) is 0 Å². The molecule has 0 radical (unpaired) electrons. The Morgan fingerprint density at radius 2 is 2.29 bits per heavy atom. The molecule has 1 aromatic rings. The highest BCUT2D eigenvalue weighted by atomic mass is 16.3. The van der Waals surface area contributed by atoms with Crippen molar-refractivity contribution >= 4 is 0 Å². The van der Waals surface area contributed by atoms with Gasteiger partial charge in [0.25, 0.3) is 0 Å². The Morgan fingerprint density at radius 1 is 1.50 bits per heavy atom. The molecule has 3 heteroatoms. The summed E-state index contributed by atoms with van der Waals surface area (Å²) < 4.78 is 0. The van der Waals surface area contributed by atoms with Crippen molar-refractivity contribution in [2.75, 3.05) is 0 Å². The summed E-state index contributed by atoms with van der Waals surface area (Å²) in [5.74, 6) is 0.613. The Hall–Kier alpha value is -0.930. The van der Waals surface area contributed by atoms with Crippen LogP contribution in [0.2, 0.25) is 0 Å². The van der Waals surface area contributed by atoms with Crippen molar-refractivity contribution in [3.05, 3.63) is 29.6 Å². The first-order chi connectivity index (χ1) is 6.81. The molecule has 0 saturated heterocycles. The zero-order chi connectivity index (χ0) is 9.97. The number of nitrogens with zero attached hydrogens (tertiary/aromatic N) is 1. The summed E-state index contributed by atoms with van der Waals surface area (Å²) in [6.45, 7) is 0.0476. The monoisotopic (exact) mass is 192 g/mol. The van der Waals surface area contributed by atoms with Gasteiger partial charge in [-0.15, -0.1) is 0 Å². The van der Waals surface area contributed by atoms with Crippen LogP contribution in [0.3, 0.4) is 0 Å². The fraction of sp³-hybridized carbons (Fsp3) is 0.545. The van der Waals surface area contributed by atoms with E-state index in [-0.39, 0.29) is 12.6 Å². The summed E-state index contributed by atoms with van der Waals surface area (Å²) in [6, 6.07) is 3.89. The molecule has 3 N–H and O–H groups in total. The standard InChI is InChI=1S/C11H16N2O/c12-11(9-2-1-3-9)10-5-4-8(7-14)6-13-10/h4-6,9,11,14H,1-3,7,12H2. The molecule has 1 atom stereocenters. The molecule has 0 bridgehead atoms. The zero-order valence-corrected chi connectivity index (χ0v) is 8.19. The zero-order valence-electron chi connectivity index (χ0n) is 8.19. The van der Waals surface area contributed by atoms with Crippen molar-refractivity contribution in [2.24, 2.45) is 11.7 Å². The first kappa shape index (κ1) is 9.62. The summed E-state index contributed by atoms with van der Waals surface area (Å²) in [6.07, 6.45) is 5.45. The molecule has 0 aromatic carbocycles. The van der Waals surface area contributed by atoms with Crippen LogP contribution >= 0.6 is 0 Å². The number of hydrogen-bond acceptors (Lipinski definition) is 3. The van der Waals surface area contributed by atoms with Crippen LogP contribution in [0.5, 0.6) is 0 Å². The topological polar surface area (TPSA) is 59.1 Å². The molecular formula is C11H16N2O. The lowest BCUT2D eigenvalue weighted by Gasteiger charge is -2.30. The molecule has 1 heterocycles. The van der Waals surface area contributed by atoms with E-state index >= 15 is 0 Å². The quantitative estimate of drug-likeness (QED) is 0.760. The van der Waals surface area contributed by atoms with Crippen LogP contribution in [0.15, 0.2) is 18.3 Å². The Bertz CT molecular complexity index is 293. The molecule has 1 fully saturated rings. The van der Waals surface area contributed by atoms with E-state index in [2.05, 4.69) is 4.98 Å². The molecule has 2 rings (SSSR count). The van der Waals surface area contributed by atoms with E-state index in [4.69, 9.17) is 10.8 Å². The van der Waals surface area contributed by atoms with Gasteiger partial charge in [0.05, 0.1) is 12.3 Å². The first-order valence-electron chi connectivity index (χ1n) is 5.12. The lowest BCUT2D eigenvalue weighted by Crippen LogP contribution is -2.27. The third-order valence-electron chi connectivity index (χ3n) is 3.03. The Balaban J connectivity index is 2.07. The summed E-state index contributed by atoms with van der Waals surface area (Å²) in [7, 11) is 0. The van der Waals surface area contributed by atoms with E-state index in [0.29, 0.717) is 5.92 Å². The average Bonchev–Trinajstić information content (AvgIpc) is 2.15. The van der Waals surface area contributed by atoms with Crippen LogP contribution in [-0.4, -0.2) is 10.1 Å². The van der Waals surface area contributed by atoms with Crippen molar-refractivity contribution < 1.29 is 5.11 Å².